The molecule has 1 aliphatic heterocycles. The number of Topliss-reactive ketones (excluding diaryl/α,β-unsaturated/α-hetero) is 2. The summed E-state index contributed by atoms with van der Waals surface area (Å²) in [4.78, 5) is 80.6. The van der Waals surface area contributed by atoms with Gasteiger partial charge in [-0.2, -0.15) is 0 Å². The Balaban J connectivity index is 1.42. The van der Waals surface area contributed by atoms with Gasteiger partial charge in [-0.15, -0.1) is 0 Å². The van der Waals surface area contributed by atoms with Crippen molar-refractivity contribution in [1.29, 1.82) is 0 Å². The maximum absolute atomic E-state index is 14.7. The Bertz CT molecular complexity index is 1610. The Hall–Kier alpha value is -4.64. The smallest absolute Gasteiger partial charge is 0.407 e. The summed E-state index contributed by atoms with van der Waals surface area (Å²) in [6.45, 7) is 6.40. The maximum Gasteiger partial charge on any atom is 0.407 e. The fourth-order valence-electron chi connectivity index (χ4n) is 7.76. The molecule has 2 aromatic rings. The number of rotatable bonds is 21. The molecule has 0 spiro atoms. The number of hydrogen-bond donors (Lipinski definition) is 3. The number of carbonyl (C=O) groups excluding carboxylic acids is 5. The van der Waals surface area contributed by atoms with E-state index in [9.17, 15) is 33.9 Å². The van der Waals surface area contributed by atoms with Gasteiger partial charge in [0, 0.05) is 25.4 Å². The fraction of sp³-hybridized carbons (Fsp3) is 0.545. The predicted octanol–water partition coefficient (Wildman–Crippen LogP) is 7.11. The maximum atomic E-state index is 14.7. The highest BCUT2D eigenvalue weighted by atomic mass is 16.5. The SMILES string of the molecule is CCCC(NC[C@@H]1CC[C@H](c2ccccc2)N1C(=O)[C@@H](NC(=O)OCC(C)C)C1CCCCC1)C(=O)C(=O)CCCC(=O)/C=C/C(C(=O)O)c1ccccc1. The Morgan fingerprint density at radius 3 is 2.20 bits per heavy atom. The number of nitrogens with one attached hydrogen (secondary N) is 2. The Morgan fingerprint density at radius 2 is 1.56 bits per heavy atom. The molecule has 1 saturated heterocycles. The highest BCUT2D eigenvalue weighted by Gasteiger charge is 2.43. The summed E-state index contributed by atoms with van der Waals surface area (Å²) >= 11 is 0. The molecule has 3 N–H and O–H groups in total. The van der Waals surface area contributed by atoms with Crippen LogP contribution in [0.4, 0.5) is 4.79 Å². The van der Waals surface area contributed by atoms with Crippen LogP contribution in [-0.4, -0.2) is 76.6 Å². The van der Waals surface area contributed by atoms with Gasteiger partial charge in [-0.1, -0.05) is 113 Å². The molecule has 298 valence electrons. The summed E-state index contributed by atoms with van der Waals surface area (Å²) in [5.74, 6) is -3.51. The van der Waals surface area contributed by atoms with Crippen molar-refractivity contribution in [3.8, 4) is 0 Å². The minimum atomic E-state index is -1.08. The number of amides is 2. The first-order valence-corrected chi connectivity index (χ1v) is 20.1. The molecule has 1 aliphatic carbocycles. The van der Waals surface area contributed by atoms with Gasteiger partial charge < -0.3 is 25.4 Å². The van der Waals surface area contributed by atoms with Crippen molar-refractivity contribution >= 4 is 35.3 Å². The normalized spacial score (nSPS) is 19.2. The van der Waals surface area contributed by atoms with Crippen molar-refractivity contribution < 1.29 is 38.6 Å². The summed E-state index contributed by atoms with van der Waals surface area (Å²) in [6.07, 6.45) is 9.26. The molecule has 2 fully saturated rings. The number of hydrogen-bond acceptors (Lipinski definition) is 8. The van der Waals surface area contributed by atoms with Crippen LogP contribution < -0.4 is 10.6 Å². The van der Waals surface area contributed by atoms with E-state index in [1.54, 1.807) is 30.3 Å². The number of aliphatic carboxylic acids is 1. The van der Waals surface area contributed by atoms with Gasteiger partial charge in [-0.25, -0.2) is 4.79 Å². The lowest BCUT2D eigenvalue weighted by Crippen LogP contribution is -2.56. The number of nitrogens with zero attached hydrogens (tertiary/aromatic N) is 1. The Morgan fingerprint density at radius 1 is 0.891 bits per heavy atom. The van der Waals surface area contributed by atoms with Gasteiger partial charge in [-0.05, 0) is 67.6 Å². The Kier molecular flexibility index (Phi) is 17.3. The van der Waals surface area contributed by atoms with Gasteiger partial charge in [0.1, 0.15) is 12.0 Å². The molecule has 1 saturated carbocycles. The number of likely N-dealkylation sites (tertiary alicyclic amines) is 1. The Labute approximate surface area is 325 Å². The second kappa shape index (κ2) is 22.0. The van der Waals surface area contributed by atoms with E-state index in [0.717, 1.165) is 37.7 Å². The van der Waals surface area contributed by atoms with E-state index in [1.807, 2.05) is 56.0 Å². The first-order valence-electron chi connectivity index (χ1n) is 20.1. The monoisotopic (exact) mass is 757 g/mol. The zero-order chi connectivity index (χ0) is 39.7. The lowest BCUT2D eigenvalue weighted by Gasteiger charge is -2.38. The summed E-state index contributed by atoms with van der Waals surface area (Å²) < 4.78 is 5.47. The molecule has 2 amide bonds. The number of benzene rings is 2. The number of carboxylic acids is 1. The zero-order valence-electron chi connectivity index (χ0n) is 32.6. The molecule has 2 aromatic carbocycles. The molecule has 4 rings (SSSR count). The molecule has 55 heavy (non-hydrogen) atoms. The van der Waals surface area contributed by atoms with E-state index in [-0.39, 0.29) is 61.5 Å². The number of ether oxygens (including phenoxy) is 1. The molecule has 11 nitrogen and oxygen atoms in total. The summed E-state index contributed by atoms with van der Waals surface area (Å²) in [5, 5.41) is 15.9. The van der Waals surface area contributed by atoms with Crippen LogP contribution in [-0.2, 0) is 28.7 Å². The van der Waals surface area contributed by atoms with E-state index in [2.05, 4.69) is 10.6 Å². The van der Waals surface area contributed by atoms with Crippen LogP contribution in [0.5, 0.6) is 0 Å². The van der Waals surface area contributed by atoms with E-state index in [1.165, 1.54) is 12.2 Å². The zero-order valence-corrected chi connectivity index (χ0v) is 32.6. The van der Waals surface area contributed by atoms with Crippen molar-refractivity contribution in [2.45, 2.75) is 128 Å². The van der Waals surface area contributed by atoms with E-state index in [4.69, 9.17) is 4.74 Å². The van der Waals surface area contributed by atoms with Crippen molar-refractivity contribution in [2.24, 2.45) is 11.8 Å². The molecular weight excluding hydrogens is 698 g/mol. The quantitative estimate of drug-likeness (QED) is 0.0891. The van der Waals surface area contributed by atoms with Crippen molar-refractivity contribution in [1.82, 2.24) is 15.5 Å². The summed E-state index contributed by atoms with van der Waals surface area (Å²) in [7, 11) is 0. The van der Waals surface area contributed by atoms with Crippen LogP contribution in [0.2, 0.25) is 0 Å². The second-order valence-electron chi connectivity index (χ2n) is 15.4. The van der Waals surface area contributed by atoms with Crippen LogP contribution in [0.15, 0.2) is 72.8 Å². The van der Waals surface area contributed by atoms with Gasteiger partial charge in [0.15, 0.2) is 11.6 Å². The summed E-state index contributed by atoms with van der Waals surface area (Å²) in [5.41, 5.74) is 1.56. The number of carboxylic acid groups (broad SMARTS) is 1. The van der Waals surface area contributed by atoms with Crippen molar-refractivity contribution in [3.05, 3.63) is 83.9 Å². The lowest BCUT2D eigenvalue weighted by atomic mass is 9.83. The number of allylic oxidation sites excluding steroid dienone is 1. The third-order valence-electron chi connectivity index (χ3n) is 10.6. The van der Waals surface area contributed by atoms with Gasteiger partial charge in [0.25, 0.3) is 0 Å². The fourth-order valence-corrected chi connectivity index (χ4v) is 7.76. The van der Waals surface area contributed by atoms with Gasteiger partial charge in [-0.3, -0.25) is 24.0 Å². The molecule has 0 aromatic heterocycles. The van der Waals surface area contributed by atoms with E-state index < -0.39 is 41.6 Å². The molecule has 2 unspecified atom stereocenters. The number of alkyl carbamates (subject to hydrolysis) is 1. The topological polar surface area (TPSA) is 159 Å². The van der Waals surface area contributed by atoms with Gasteiger partial charge >= 0.3 is 12.1 Å². The van der Waals surface area contributed by atoms with Crippen LogP contribution in [0.25, 0.3) is 0 Å². The first kappa shape index (κ1) is 43.1. The van der Waals surface area contributed by atoms with Crippen molar-refractivity contribution in [2.75, 3.05) is 13.2 Å². The molecule has 11 heteroatoms. The number of ketones is 3. The van der Waals surface area contributed by atoms with Crippen LogP contribution in [0.3, 0.4) is 0 Å². The minimum absolute atomic E-state index is 0.00372. The predicted molar refractivity (Wildman–Crippen MR) is 210 cm³/mol. The molecule has 0 bridgehead atoms. The van der Waals surface area contributed by atoms with Crippen LogP contribution >= 0.6 is 0 Å². The standard InChI is InChI=1S/C44H59N3O8/c1-4-15-37(41(50)39(49)23-14-22-35(48)25-26-36(43(52)53)31-16-8-5-9-17-31)45-28-34-24-27-38(32-18-10-6-11-19-32)47(34)42(51)40(33-20-12-7-13-21-33)46-44(54)55-29-30(2)3/h5-6,8-11,16-19,25-26,30,33-34,36-38,40,45H,4,7,12-15,20-24,27-29H2,1-3H3,(H,46,54)(H,52,53)/b26-25+/t34-,36?,37?,38+,40-/m0/s1. The van der Waals surface area contributed by atoms with E-state index >= 15 is 0 Å². The minimum Gasteiger partial charge on any atom is -0.481 e. The van der Waals surface area contributed by atoms with Gasteiger partial charge in [0.2, 0.25) is 11.7 Å². The largest absolute Gasteiger partial charge is 0.481 e. The lowest BCUT2D eigenvalue weighted by molar-refractivity contribution is -0.139. The van der Waals surface area contributed by atoms with Gasteiger partial charge in [0.05, 0.1) is 18.7 Å². The molecule has 0 radical (unpaired) electrons. The molecule has 5 atom stereocenters. The second-order valence-corrected chi connectivity index (χ2v) is 15.4. The van der Waals surface area contributed by atoms with Crippen molar-refractivity contribution in [3.63, 3.8) is 0 Å². The highest BCUT2D eigenvalue weighted by Crippen LogP contribution is 2.38. The molecule has 2 aliphatic rings. The highest BCUT2D eigenvalue weighted by molar-refractivity contribution is 6.39. The average Bonchev–Trinajstić information content (AvgIpc) is 3.62. The summed E-state index contributed by atoms with van der Waals surface area (Å²) in [6, 6.07) is 16.5. The van der Waals surface area contributed by atoms with E-state index in [0.29, 0.717) is 37.8 Å². The third kappa shape index (κ3) is 13.0. The third-order valence-corrected chi connectivity index (χ3v) is 10.6. The average molecular weight is 758 g/mol. The van der Waals surface area contributed by atoms with Crippen LogP contribution in [0, 0.1) is 11.8 Å². The van der Waals surface area contributed by atoms with Crippen LogP contribution in [0.1, 0.15) is 121 Å². The first-order chi connectivity index (χ1) is 26.5. The number of carbonyl (C=O) groups is 6. The molecular formula is C44H59N3O8. The molecule has 1 heterocycles.